The van der Waals surface area contributed by atoms with Crippen molar-refractivity contribution in [3.05, 3.63) is 70.2 Å². The van der Waals surface area contributed by atoms with Gasteiger partial charge in [0.15, 0.2) is 0 Å². The highest BCUT2D eigenvalue weighted by molar-refractivity contribution is 9.10. The molecule has 1 aliphatic rings. The third-order valence-corrected chi connectivity index (χ3v) is 7.30. The summed E-state index contributed by atoms with van der Waals surface area (Å²) in [5.74, 6) is 5.98. The lowest BCUT2D eigenvalue weighted by atomic mass is 9.99. The maximum Gasteiger partial charge on any atom is 0.339 e. The first-order valence-corrected chi connectivity index (χ1v) is 12.8. The van der Waals surface area contributed by atoms with E-state index in [1.165, 1.54) is 24.6 Å². The highest BCUT2D eigenvalue weighted by Gasteiger charge is 2.25. The van der Waals surface area contributed by atoms with E-state index in [-0.39, 0.29) is 36.0 Å². The van der Waals surface area contributed by atoms with E-state index < -0.39 is 5.97 Å². The average Bonchev–Trinajstić information content (AvgIpc) is 2.93. The molecule has 0 unspecified atom stereocenters. The summed E-state index contributed by atoms with van der Waals surface area (Å²) in [4.78, 5) is 27.3. The van der Waals surface area contributed by atoms with Crippen LogP contribution in [0, 0.1) is 0 Å². The van der Waals surface area contributed by atoms with E-state index in [0.717, 1.165) is 48.5 Å². The number of amides is 1. The molecule has 1 aliphatic heterocycles. The number of hydrogen-bond donors (Lipinski definition) is 2. The third-order valence-electron chi connectivity index (χ3n) is 6.56. The van der Waals surface area contributed by atoms with Gasteiger partial charge in [0.25, 0.3) is 0 Å². The largest absolute Gasteiger partial charge is 0.497 e. The predicted molar refractivity (Wildman–Crippen MR) is 155 cm³/mol. The van der Waals surface area contributed by atoms with E-state index in [1.54, 1.807) is 13.2 Å². The van der Waals surface area contributed by atoms with Crippen molar-refractivity contribution >= 4 is 51.6 Å². The minimum atomic E-state index is -1.11. The van der Waals surface area contributed by atoms with Crippen LogP contribution in [0.5, 0.6) is 11.5 Å². The zero-order valence-electron chi connectivity index (χ0n) is 21.3. The Bertz CT molecular complexity index is 1300. The number of ether oxygens (including phenoxy) is 2. The molecule has 0 saturated carbocycles. The standard InChI is InChI=1S/C28H30BrN3O5.ClH/c1-36-20-11-9-18(10-12-20)21-7-6-8-24(27(21)31-13-4-3-5-14-31)32(30)26(33)16-19-15-25(37-2)22(28(34)35)17-23(19)29;/h6-12,15,17H,3-5,13-14,16,30H2,1-2H3,(H,34,35);1H. The fraction of sp³-hybridized carbons (Fsp3) is 0.286. The van der Waals surface area contributed by atoms with Gasteiger partial charge in [-0.3, -0.25) is 4.79 Å². The molecule has 0 radical (unpaired) electrons. The molecule has 8 nitrogen and oxygen atoms in total. The van der Waals surface area contributed by atoms with Crippen molar-refractivity contribution < 1.29 is 24.2 Å². The summed E-state index contributed by atoms with van der Waals surface area (Å²) < 4.78 is 11.1. The Morgan fingerprint density at radius 1 is 1.03 bits per heavy atom. The molecule has 3 aromatic rings. The normalized spacial score (nSPS) is 12.9. The Morgan fingerprint density at radius 3 is 2.32 bits per heavy atom. The first-order valence-electron chi connectivity index (χ1n) is 12.0. The monoisotopic (exact) mass is 603 g/mol. The van der Waals surface area contributed by atoms with Crippen LogP contribution in [0.4, 0.5) is 11.4 Å². The summed E-state index contributed by atoms with van der Waals surface area (Å²) in [6.07, 6.45) is 3.26. The van der Waals surface area contributed by atoms with E-state index in [4.69, 9.17) is 15.3 Å². The van der Waals surface area contributed by atoms with Crippen LogP contribution in [-0.2, 0) is 11.2 Å². The molecule has 1 heterocycles. The van der Waals surface area contributed by atoms with Gasteiger partial charge in [-0.2, -0.15) is 0 Å². The van der Waals surface area contributed by atoms with Crippen molar-refractivity contribution in [2.24, 2.45) is 5.84 Å². The number of carbonyl (C=O) groups is 2. The Balaban J connectivity index is 0.00000400. The summed E-state index contributed by atoms with van der Waals surface area (Å²) in [6, 6.07) is 16.6. The minimum Gasteiger partial charge on any atom is -0.497 e. The Morgan fingerprint density at radius 2 is 1.71 bits per heavy atom. The van der Waals surface area contributed by atoms with Crippen molar-refractivity contribution in [2.45, 2.75) is 25.7 Å². The predicted octanol–water partition coefficient (Wildman–Crippen LogP) is 5.69. The van der Waals surface area contributed by atoms with Gasteiger partial charge in [-0.05, 0) is 60.7 Å². The Kier molecular flexibility index (Phi) is 10.0. The summed E-state index contributed by atoms with van der Waals surface area (Å²) in [7, 11) is 3.03. The van der Waals surface area contributed by atoms with E-state index in [9.17, 15) is 14.7 Å². The molecule has 0 atom stereocenters. The third kappa shape index (κ3) is 6.23. The number of hydrogen-bond acceptors (Lipinski definition) is 6. The first kappa shape index (κ1) is 29.3. The van der Waals surface area contributed by atoms with E-state index >= 15 is 0 Å². The van der Waals surface area contributed by atoms with Gasteiger partial charge >= 0.3 is 5.97 Å². The van der Waals surface area contributed by atoms with Crippen LogP contribution >= 0.6 is 28.3 Å². The minimum absolute atomic E-state index is 0. The smallest absolute Gasteiger partial charge is 0.339 e. The number of nitrogens with two attached hydrogens (primary N) is 1. The molecule has 1 fully saturated rings. The Labute approximate surface area is 236 Å². The number of benzene rings is 3. The van der Waals surface area contributed by atoms with Gasteiger partial charge in [0.2, 0.25) is 5.91 Å². The van der Waals surface area contributed by atoms with E-state index in [0.29, 0.717) is 15.7 Å². The lowest BCUT2D eigenvalue weighted by Crippen LogP contribution is -2.41. The molecule has 1 saturated heterocycles. The highest BCUT2D eigenvalue weighted by Crippen LogP contribution is 2.40. The molecular formula is C28H31BrClN3O5. The van der Waals surface area contributed by atoms with Gasteiger partial charge in [0.05, 0.1) is 32.0 Å². The van der Waals surface area contributed by atoms with Gasteiger partial charge < -0.3 is 19.5 Å². The zero-order valence-corrected chi connectivity index (χ0v) is 23.7. The van der Waals surface area contributed by atoms with Crippen LogP contribution in [0.1, 0.15) is 35.2 Å². The second-order valence-corrected chi connectivity index (χ2v) is 9.69. The van der Waals surface area contributed by atoms with Gasteiger partial charge in [-0.15, -0.1) is 12.4 Å². The van der Waals surface area contributed by atoms with Crippen molar-refractivity contribution in [1.29, 1.82) is 0 Å². The lowest BCUT2D eigenvalue weighted by Gasteiger charge is -2.34. The molecule has 0 aromatic heterocycles. The van der Waals surface area contributed by atoms with Crippen LogP contribution in [0.15, 0.2) is 59.1 Å². The summed E-state index contributed by atoms with van der Waals surface area (Å²) in [6.45, 7) is 1.75. The zero-order chi connectivity index (χ0) is 26.5. The summed E-state index contributed by atoms with van der Waals surface area (Å²) in [5.41, 5.74) is 4.11. The van der Waals surface area contributed by atoms with E-state index in [1.807, 2.05) is 42.5 Å². The van der Waals surface area contributed by atoms with Crippen LogP contribution < -0.4 is 25.2 Å². The molecule has 0 aliphatic carbocycles. The molecule has 4 rings (SSSR count). The second kappa shape index (κ2) is 13.0. The number of aromatic carboxylic acids is 1. The number of rotatable bonds is 8. The molecule has 202 valence electrons. The quantitative estimate of drug-likeness (QED) is 0.193. The number of hydrazine groups is 1. The number of methoxy groups -OCH3 is 2. The Hall–Kier alpha value is -3.27. The second-order valence-electron chi connectivity index (χ2n) is 8.84. The van der Waals surface area contributed by atoms with Gasteiger partial charge in [-0.25, -0.2) is 15.6 Å². The van der Waals surface area contributed by atoms with Crippen LogP contribution in [0.3, 0.4) is 0 Å². The van der Waals surface area contributed by atoms with Gasteiger partial charge in [0.1, 0.15) is 17.1 Å². The topological polar surface area (TPSA) is 105 Å². The van der Waals surface area contributed by atoms with Crippen molar-refractivity contribution in [3.63, 3.8) is 0 Å². The number of carboxylic acids is 1. The van der Waals surface area contributed by atoms with Gasteiger partial charge in [0, 0.05) is 23.1 Å². The average molecular weight is 605 g/mol. The molecule has 10 heteroatoms. The van der Waals surface area contributed by atoms with Crippen molar-refractivity contribution in [1.82, 2.24) is 0 Å². The van der Waals surface area contributed by atoms with Crippen LogP contribution in [0.25, 0.3) is 11.1 Å². The molecule has 0 bridgehead atoms. The molecule has 0 spiro atoms. The number of carbonyl (C=O) groups excluding carboxylic acids is 1. The summed E-state index contributed by atoms with van der Waals surface area (Å²) >= 11 is 3.39. The molecule has 38 heavy (non-hydrogen) atoms. The summed E-state index contributed by atoms with van der Waals surface area (Å²) in [5, 5.41) is 10.6. The molecule has 3 aromatic carbocycles. The van der Waals surface area contributed by atoms with Crippen molar-refractivity contribution in [3.8, 4) is 22.6 Å². The first-order chi connectivity index (χ1) is 17.8. The lowest BCUT2D eigenvalue weighted by molar-refractivity contribution is -0.118. The van der Waals surface area contributed by atoms with Crippen LogP contribution in [0.2, 0.25) is 0 Å². The van der Waals surface area contributed by atoms with Crippen LogP contribution in [-0.4, -0.2) is 44.3 Å². The fourth-order valence-electron chi connectivity index (χ4n) is 4.63. The maximum absolute atomic E-state index is 13.4. The highest BCUT2D eigenvalue weighted by atomic mass is 79.9. The SMILES string of the molecule is COc1ccc(-c2cccc(N(N)C(=O)Cc3cc(OC)c(C(=O)O)cc3Br)c2N2CCCCC2)cc1.Cl. The van der Waals surface area contributed by atoms with E-state index in [2.05, 4.69) is 20.8 Å². The number of nitrogens with zero attached hydrogens (tertiary/aromatic N) is 2. The molecule has 3 N–H and O–H groups in total. The fourth-order valence-corrected chi connectivity index (χ4v) is 5.11. The number of carboxylic acid groups (broad SMARTS) is 1. The maximum atomic E-state index is 13.4. The van der Waals surface area contributed by atoms with Crippen molar-refractivity contribution in [2.75, 3.05) is 37.2 Å². The molecule has 1 amide bonds. The number of halogens is 2. The number of para-hydroxylation sites is 1. The van der Waals surface area contributed by atoms with Gasteiger partial charge in [-0.1, -0.05) is 40.2 Å². The molecular weight excluding hydrogens is 574 g/mol. The number of anilines is 2. The number of piperidine rings is 1.